The number of carbonyl (C=O) groups excluding carboxylic acids is 1. The van der Waals surface area contributed by atoms with Gasteiger partial charge in [0.05, 0.1) is 11.7 Å². The third-order valence-corrected chi connectivity index (χ3v) is 4.93. The molecule has 1 aliphatic carbocycles. The second kappa shape index (κ2) is 4.86. The van der Waals surface area contributed by atoms with Crippen LogP contribution in [0, 0.1) is 5.92 Å². The molecule has 0 spiro atoms. The Kier molecular flexibility index (Phi) is 3.03. The van der Waals surface area contributed by atoms with Crippen molar-refractivity contribution in [1.29, 1.82) is 0 Å². The molecule has 1 fully saturated rings. The first kappa shape index (κ1) is 14.3. The third-order valence-electron chi connectivity index (χ3n) is 4.69. The van der Waals surface area contributed by atoms with Gasteiger partial charge in [0, 0.05) is 34.7 Å². The number of halogens is 1. The molecule has 2 N–H and O–H groups in total. The molecule has 3 aromatic rings. The maximum absolute atomic E-state index is 12.7. The van der Waals surface area contributed by atoms with Gasteiger partial charge in [0.1, 0.15) is 5.69 Å². The lowest BCUT2D eigenvalue weighted by molar-refractivity contribution is 0.0923. The number of nitrogens with zero attached hydrogens (tertiary/aromatic N) is 2. The van der Waals surface area contributed by atoms with Crippen LogP contribution >= 0.6 is 11.6 Å². The summed E-state index contributed by atoms with van der Waals surface area (Å²) in [5, 5.41) is 9.00. The molecule has 1 aromatic carbocycles. The Hall–Kier alpha value is -2.27. The highest BCUT2D eigenvalue weighted by Gasteiger charge is 2.54. The van der Waals surface area contributed by atoms with Gasteiger partial charge in [-0.1, -0.05) is 18.5 Å². The van der Waals surface area contributed by atoms with E-state index in [0.717, 1.165) is 22.9 Å². The summed E-state index contributed by atoms with van der Waals surface area (Å²) in [5.74, 6) is 0.292. The van der Waals surface area contributed by atoms with Crippen molar-refractivity contribution in [3.8, 4) is 0 Å². The number of aryl methyl sites for hydroxylation is 1. The van der Waals surface area contributed by atoms with E-state index in [2.05, 4.69) is 22.3 Å². The predicted octanol–water partition coefficient (Wildman–Crippen LogP) is 3.22. The minimum Gasteiger partial charge on any atom is -0.351 e. The zero-order chi connectivity index (χ0) is 16.2. The number of rotatable bonds is 3. The topological polar surface area (TPSA) is 62.7 Å². The number of aromatic nitrogens is 3. The zero-order valence-corrected chi connectivity index (χ0v) is 13.7. The summed E-state index contributed by atoms with van der Waals surface area (Å²) in [7, 11) is 1.88. The van der Waals surface area contributed by atoms with Crippen LogP contribution in [0.4, 0.5) is 0 Å². The first-order valence-electron chi connectivity index (χ1n) is 7.58. The zero-order valence-electron chi connectivity index (χ0n) is 12.9. The van der Waals surface area contributed by atoms with Gasteiger partial charge in [-0.2, -0.15) is 5.10 Å². The fraction of sp³-hybridized carbons (Fsp3) is 0.294. The minimum absolute atomic E-state index is 0.106. The molecule has 1 saturated carbocycles. The fourth-order valence-corrected chi connectivity index (χ4v) is 3.40. The van der Waals surface area contributed by atoms with Gasteiger partial charge in [-0.05, 0) is 36.6 Å². The van der Waals surface area contributed by atoms with E-state index in [1.54, 1.807) is 4.68 Å². The number of hydrogen-bond donors (Lipinski definition) is 2. The van der Waals surface area contributed by atoms with Crippen molar-refractivity contribution in [1.82, 2.24) is 20.1 Å². The minimum atomic E-state index is -0.305. The summed E-state index contributed by atoms with van der Waals surface area (Å²) in [4.78, 5) is 15.8. The van der Waals surface area contributed by atoms with Crippen LogP contribution in [0.15, 0.2) is 36.7 Å². The lowest BCUT2D eigenvalue weighted by Crippen LogP contribution is -2.36. The van der Waals surface area contributed by atoms with Crippen LogP contribution in [-0.2, 0) is 12.6 Å². The highest BCUT2D eigenvalue weighted by molar-refractivity contribution is 6.31. The average Bonchev–Trinajstić information content (AvgIpc) is 2.90. The van der Waals surface area contributed by atoms with Crippen molar-refractivity contribution < 1.29 is 4.79 Å². The lowest BCUT2D eigenvalue weighted by Gasteiger charge is -2.16. The van der Waals surface area contributed by atoms with E-state index in [1.807, 2.05) is 43.7 Å². The molecule has 4 rings (SSSR count). The van der Waals surface area contributed by atoms with Gasteiger partial charge in [-0.3, -0.25) is 9.48 Å². The molecule has 2 atom stereocenters. The monoisotopic (exact) mass is 328 g/mol. The highest BCUT2D eigenvalue weighted by atomic mass is 35.5. The summed E-state index contributed by atoms with van der Waals surface area (Å²) in [5.41, 5.74) is 2.20. The first-order chi connectivity index (χ1) is 11.0. The van der Waals surface area contributed by atoms with Gasteiger partial charge in [-0.15, -0.1) is 0 Å². The number of carbonyl (C=O) groups is 1. The summed E-state index contributed by atoms with van der Waals surface area (Å²) >= 11 is 6.00. The largest absolute Gasteiger partial charge is 0.351 e. The predicted molar refractivity (Wildman–Crippen MR) is 89.4 cm³/mol. The van der Waals surface area contributed by atoms with Crippen LogP contribution in [0.2, 0.25) is 5.02 Å². The smallest absolute Gasteiger partial charge is 0.268 e. The molecule has 1 amide bonds. The summed E-state index contributed by atoms with van der Waals surface area (Å²) in [6.45, 7) is 2.14. The van der Waals surface area contributed by atoms with E-state index < -0.39 is 0 Å². The Morgan fingerprint density at radius 3 is 2.91 bits per heavy atom. The normalized spacial score (nSPS) is 23.2. The number of fused-ring (bicyclic) bond motifs is 1. The second-order valence-electron chi connectivity index (χ2n) is 6.35. The second-order valence-corrected chi connectivity index (χ2v) is 6.78. The van der Waals surface area contributed by atoms with Crippen LogP contribution in [0.3, 0.4) is 0 Å². The molecule has 5 nitrogen and oxygen atoms in total. The molecule has 1 unspecified atom stereocenters. The van der Waals surface area contributed by atoms with Gasteiger partial charge in [-0.25, -0.2) is 0 Å². The van der Waals surface area contributed by atoms with E-state index in [4.69, 9.17) is 11.6 Å². The molecule has 0 bridgehead atoms. The number of H-pyrrole nitrogens is 1. The SMILES string of the molecule is C[C@H]1CC1(NC(=O)c1cc2cc(Cl)ccc2[nH]1)c1cnn(C)c1. The van der Waals surface area contributed by atoms with Crippen LogP contribution < -0.4 is 5.32 Å². The molecular weight excluding hydrogens is 312 g/mol. The average molecular weight is 329 g/mol. The van der Waals surface area contributed by atoms with Crippen molar-refractivity contribution in [3.05, 3.63) is 52.9 Å². The van der Waals surface area contributed by atoms with Crippen LogP contribution in [-0.4, -0.2) is 20.7 Å². The molecule has 118 valence electrons. The van der Waals surface area contributed by atoms with Crippen molar-refractivity contribution in [3.63, 3.8) is 0 Å². The molecule has 2 aromatic heterocycles. The number of benzene rings is 1. The Labute approximate surface area is 138 Å². The van der Waals surface area contributed by atoms with Gasteiger partial charge in [0.15, 0.2) is 0 Å². The van der Waals surface area contributed by atoms with Gasteiger partial charge < -0.3 is 10.3 Å². The Morgan fingerprint density at radius 2 is 2.26 bits per heavy atom. The quantitative estimate of drug-likeness (QED) is 0.775. The Bertz CT molecular complexity index is 912. The first-order valence-corrected chi connectivity index (χ1v) is 7.96. The molecule has 2 heterocycles. The Morgan fingerprint density at radius 1 is 1.48 bits per heavy atom. The van der Waals surface area contributed by atoms with Gasteiger partial charge in [0.2, 0.25) is 0 Å². The lowest BCUT2D eigenvalue weighted by atomic mass is 10.1. The van der Waals surface area contributed by atoms with E-state index in [0.29, 0.717) is 16.6 Å². The van der Waals surface area contributed by atoms with Crippen molar-refractivity contribution >= 4 is 28.4 Å². The van der Waals surface area contributed by atoms with Crippen LogP contribution in [0.5, 0.6) is 0 Å². The molecule has 6 heteroatoms. The van der Waals surface area contributed by atoms with Crippen LogP contribution in [0.25, 0.3) is 10.9 Å². The van der Waals surface area contributed by atoms with Crippen molar-refractivity contribution in [2.75, 3.05) is 0 Å². The maximum atomic E-state index is 12.7. The van der Waals surface area contributed by atoms with E-state index in [9.17, 15) is 4.79 Å². The summed E-state index contributed by atoms with van der Waals surface area (Å²) in [6, 6.07) is 7.37. The molecule has 1 aliphatic rings. The summed E-state index contributed by atoms with van der Waals surface area (Å²) < 4.78 is 1.76. The number of amides is 1. The molecule has 0 radical (unpaired) electrons. The molecular formula is C17H17ClN4O. The third kappa shape index (κ3) is 2.32. The maximum Gasteiger partial charge on any atom is 0.268 e. The van der Waals surface area contributed by atoms with E-state index in [1.165, 1.54) is 0 Å². The standard InChI is InChI=1S/C17H17ClN4O/c1-10-7-17(10,12-8-19-22(2)9-12)21-16(23)15-6-11-5-13(18)3-4-14(11)20-15/h3-6,8-10,20H,7H2,1-2H3,(H,21,23)/t10-,17?/m0/s1. The highest BCUT2D eigenvalue weighted by Crippen LogP contribution is 2.51. The van der Waals surface area contributed by atoms with Crippen molar-refractivity contribution in [2.24, 2.45) is 13.0 Å². The number of aromatic amines is 1. The summed E-state index contributed by atoms with van der Waals surface area (Å²) in [6.07, 6.45) is 4.72. The van der Waals surface area contributed by atoms with Gasteiger partial charge >= 0.3 is 0 Å². The fourth-order valence-electron chi connectivity index (χ4n) is 3.22. The molecule has 0 saturated heterocycles. The van der Waals surface area contributed by atoms with E-state index >= 15 is 0 Å². The Balaban J connectivity index is 1.63. The molecule has 0 aliphatic heterocycles. The number of hydrogen-bond acceptors (Lipinski definition) is 2. The van der Waals surface area contributed by atoms with Crippen LogP contribution in [0.1, 0.15) is 29.4 Å². The van der Waals surface area contributed by atoms with Gasteiger partial charge in [0.25, 0.3) is 5.91 Å². The molecule has 23 heavy (non-hydrogen) atoms. The number of nitrogens with one attached hydrogen (secondary N) is 2. The van der Waals surface area contributed by atoms with Crippen molar-refractivity contribution in [2.45, 2.75) is 18.9 Å². The van der Waals surface area contributed by atoms with E-state index in [-0.39, 0.29) is 11.4 Å².